The SMILES string of the molecule is O=C(Cn1c2c(c(-c3cc(Cl)ccc3C(F)(F)F)cc1=O)C(=O)CC2)Nc1ccc(-c2cc(=O)[nH][nH]2)cc1. The van der Waals surface area contributed by atoms with Gasteiger partial charge in [-0.3, -0.25) is 29.4 Å². The number of halogens is 4. The summed E-state index contributed by atoms with van der Waals surface area (Å²) in [4.78, 5) is 49.9. The van der Waals surface area contributed by atoms with Gasteiger partial charge in [-0.25, -0.2) is 0 Å². The molecule has 194 valence electrons. The number of hydrogen-bond acceptors (Lipinski definition) is 4. The van der Waals surface area contributed by atoms with Crippen molar-refractivity contribution in [1.29, 1.82) is 0 Å². The van der Waals surface area contributed by atoms with Gasteiger partial charge in [-0.15, -0.1) is 0 Å². The number of aromatic amines is 2. The lowest BCUT2D eigenvalue weighted by atomic mass is 9.94. The third kappa shape index (κ3) is 4.80. The van der Waals surface area contributed by atoms with Crippen LogP contribution in [0.3, 0.4) is 0 Å². The summed E-state index contributed by atoms with van der Waals surface area (Å²) in [7, 11) is 0. The van der Waals surface area contributed by atoms with Gasteiger partial charge in [0.1, 0.15) is 6.54 Å². The quantitative estimate of drug-likeness (QED) is 0.341. The van der Waals surface area contributed by atoms with E-state index in [1.807, 2.05) is 0 Å². The Morgan fingerprint density at radius 3 is 2.34 bits per heavy atom. The monoisotopic (exact) mass is 542 g/mol. The van der Waals surface area contributed by atoms with Crippen LogP contribution in [-0.2, 0) is 23.9 Å². The maximum absolute atomic E-state index is 13.7. The van der Waals surface area contributed by atoms with Gasteiger partial charge in [0, 0.05) is 46.1 Å². The number of carbonyl (C=O) groups excluding carboxylic acids is 2. The number of nitrogens with one attached hydrogen (secondary N) is 3. The second kappa shape index (κ2) is 9.49. The smallest absolute Gasteiger partial charge is 0.325 e. The number of nitrogens with zero attached hydrogens (tertiary/aromatic N) is 1. The van der Waals surface area contributed by atoms with Gasteiger partial charge >= 0.3 is 6.18 Å². The summed E-state index contributed by atoms with van der Waals surface area (Å²) >= 11 is 5.96. The molecule has 0 aliphatic heterocycles. The average molecular weight is 543 g/mol. The molecular formula is C26H18ClF3N4O4. The van der Waals surface area contributed by atoms with Crippen LogP contribution in [0, 0.1) is 0 Å². The van der Waals surface area contributed by atoms with Crippen LogP contribution in [0.15, 0.2) is 64.2 Å². The minimum Gasteiger partial charge on any atom is -0.325 e. The van der Waals surface area contributed by atoms with Crippen LogP contribution in [-0.4, -0.2) is 26.5 Å². The number of fused-ring (bicyclic) bond motifs is 1. The van der Waals surface area contributed by atoms with Crippen molar-refractivity contribution in [3.8, 4) is 22.4 Å². The minimum absolute atomic E-state index is 0.00195. The van der Waals surface area contributed by atoms with Gasteiger partial charge in [-0.2, -0.15) is 13.2 Å². The Labute approximate surface area is 217 Å². The molecule has 0 fully saturated rings. The molecule has 3 N–H and O–H groups in total. The predicted molar refractivity (Wildman–Crippen MR) is 134 cm³/mol. The van der Waals surface area contributed by atoms with Crippen molar-refractivity contribution >= 4 is 29.0 Å². The largest absolute Gasteiger partial charge is 0.417 e. The summed E-state index contributed by atoms with van der Waals surface area (Å²) in [6, 6.07) is 11.9. The van der Waals surface area contributed by atoms with Crippen molar-refractivity contribution in [2.75, 3.05) is 5.32 Å². The second-order valence-electron chi connectivity index (χ2n) is 8.71. The standard InChI is InChI=1S/C26H18ClF3N4O4/c27-14-3-6-18(26(28,29)30)16(9-14)17-10-24(38)34(20-7-8-21(35)25(17)20)12-23(37)31-15-4-1-13(2-5-15)19-11-22(36)33-32-19/h1-6,9-11H,7-8,12H2,(H,31,37)(H2,32,33,36). The maximum Gasteiger partial charge on any atom is 0.417 e. The van der Waals surface area contributed by atoms with Gasteiger partial charge in [-0.1, -0.05) is 23.7 Å². The van der Waals surface area contributed by atoms with E-state index in [4.69, 9.17) is 11.6 Å². The highest BCUT2D eigenvalue weighted by molar-refractivity contribution is 6.31. The molecule has 5 rings (SSSR count). The summed E-state index contributed by atoms with van der Waals surface area (Å²) in [5, 5.41) is 7.82. The number of alkyl halides is 3. The van der Waals surface area contributed by atoms with Crippen molar-refractivity contribution < 1.29 is 22.8 Å². The summed E-state index contributed by atoms with van der Waals surface area (Å²) in [6.07, 6.45) is -4.64. The zero-order valence-electron chi connectivity index (χ0n) is 19.4. The van der Waals surface area contributed by atoms with E-state index in [2.05, 4.69) is 15.5 Å². The van der Waals surface area contributed by atoms with Gasteiger partial charge in [0.05, 0.1) is 11.3 Å². The van der Waals surface area contributed by atoms with Gasteiger partial charge in [0.2, 0.25) is 5.91 Å². The summed E-state index contributed by atoms with van der Waals surface area (Å²) in [6.45, 7) is -0.441. The second-order valence-corrected chi connectivity index (χ2v) is 9.15. The molecule has 1 aliphatic carbocycles. The molecule has 12 heteroatoms. The summed E-state index contributed by atoms with van der Waals surface area (Å²) in [5.41, 5.74) is -0.687. The fourth-order valence-electron chi connectivity index (χ4n) is 4.56. The van der Waals surface area contributed by atoms with Gasteiger partial charge < -0.3 is 9.88 Å². The highest BCUT2D eigenvalue weighted by Gasteiger charge is 2.36. The molecule has 0 saturated carbocycles. The van der Waals surface area contributed by atoms with Crippen LogP contribution in [0.4, 0.5) is 18.9 Å². The van der Waals surface area contributed by atoms with Crippen molar-refractivity contribution in [2.24, 2.45) is 0 Å². The van der Waals surface area contributed by atoms with Crippen LogP contribution < -0.4 is 16.4 Å². The first-order valence-electron chi connectivity index (χ1n) is 11.4. The number of Topliss-reactive ketones (excluding diaryl/α,β-unsaturated/α-hetero) is 1. The van der Waals surface area contributed by atoms with Gasteiger partial charge in [-0.05, 0) is 47.9 Å². The Hall–Kier alpha value is -4.38. The third-order valence-electron chi connectivity index (χ3n) is 6.24. The molecule has 2 aromatic carbocycles. The predicted octanol–water partition coefficient (Wildman–Crippen LogP) is 4.64. The number of ketones is 1. The Bertz CT molecular complexity index is 1700. The minimum atomic E-state index is -4.74. The molecule has 4 aromatic rings. The summed E-state index contributed by atoms with van der Waals surface area (Å²) in [5.74, 6) is -0.987. The van der Waals surface area contributed by atoms with Crippen molar-refractivity contribution in [3.63, 3.8) is 0 Å². The Kier molecular flexibility index (Phi) is 6.31. The molecule has 2 aromatic heterocycles. The molecule has 0 saturated heterocycles. The van der Waals surface area contributed by atoms with Crippen molar-refractivity contribution in [2.45, 2.75) is 25.6 Å². The van der Waals surface area contributed by atoms with Crippen molar-refractivity contribution in [3.05, 3.63) is 97.1 Å². The molecule has 1 aliphatic rings. The molecule has 0 atom stereocenters. The zero-order valence-corrected chi connectivity index (χ0v) is 20.2. The number of carbonyl (C=O) groups is 2. The Morgan fingerprint density at radius 1 is 0.947 bits per heavy atom. The first-order valence-corrected chi connectivity index (χ1v) is 11.7. The van der Waals surface area contributed by atoms with Crippen LogP contribution in [0.1, 0.15) is 28.0 Å². The highest BCUT2D eigenvalue weighted by atomic mass is 35.5. The lowest BCUT2D eigenvalue weighted by Crippen LogP contribution is -2.30. The first-order chi connectivity index (χ1) is 18.0. The van der Waals surface area contributed by atoms with Crippen LogP contribution in [0.25, 0.3) is 22.4 Å². The molecule has 0 unspecified atom stereocenters. The summed E-state index contributed by atoms with van der Waals surface area (Å²) < 4.78 is 42.3. The number of pyridine rings is 1. The number of aromatic nitrogens is 3. The van der Waals surface area contributed by atoms with E-state index < -0.39 is 35.5 Å². The number of amides is 1. The van der Waals surface area contributed by atoms with Crippen molar-refractivity contribution in [1.82, 2.24) is 14.8 Å². The molecule has 0 radical (unpaired) electrons. The topological polar surface area (TPSA) is 117 Å². The Morgan fingerprint density at radius 2 is 1.68 bits per heavy atom. The molecule has 8 nitrogen and oxygen atoms in total. The van der Waals surface area contributed by atoms with E-state index in [0.29, 0.717) is 16.9 Å². The fraction of sp³-hybridized carbons (Fsp3) is 0.154. The normalized spacial score (nSPS) is 13.0. The van der Waals surface area contributed by atoms with E-state index in [0.717, 1.165) is 28.8 Å². The Balaban J connectivity index is 1.46. The molecule has 0 bridgehead atoms. The number of benzene rings is 2. The van der Waals surface area contributed by atoms with E-state index in [1.165, 1.54) is 6.07 Å². The molecule has 0 spiro atoms. The third-order valence-corrected chi connectivity index (χ3v) is 6.47. The average Bonchev–Trinajstić information content (AvgIpc) is 3.46. The lowest BCUT2D eigenvalue weighted by Gasteiger charge is -2.18. The fourth-order valence-corrected chi connectivity index (χ4v) is 4.73. The first kappa shape index (κ1) is 25.3. The number of rotatable bonds is 5. The molecule has 1 amide bonds. The van der Waals surface area contributed by atoms with Crippen LogP contribution in [0.5, 0.6) is 0 Å². The van der Waals surface area contributed by atoms with E-state index in [9.17, 15) is 32.3 Å². The molecule has 38 heavy (non-hydrogen) atoms. The van der Waals surface area contributed by atoms with Crippen LogP contribution in [0.2, 0.25) is 5.02 Å². The van der Waals surface area contributed by atoms with Gasteiger partial charge in [0.15, 0.2) is 5.78 Å². The van der Waals surface area contributed by atoms with Gasteiger partial charge in [0.25, 0.3) is 11.1 Å². The van der Waals surface area contributed by atoms with E-state index in [-0.39, 0.29) is 45.8 Å². The van der Waals surface area contributed by atoms with E-state index >= 15 is 0 Å². The maximum atomic E-state index is 13.7. The zero-order chi connectivity index (χ0) is 27.2. The number of anilines is 1. The lowest BCUT2D eigenvalue weighted by molar-refractivity contribution is -0.137. The van der Waals surface area contributed by atoms with E-state index in [1.54, 1.807) is 24.3 Å². The molecular weight excluding hydrogens is 525 g/mol. The van der Waals surface area contributed by atoms with Crippen LogP contribution >= 0.6 is 11.6 Å². The molecule has 2 heterocycles. The number of H-pyrrole nitrogens is 2. The highest BCUT2D eigenvalue weighted by Crippen LogP contribution is 2.41. The number of hydrogen-bond donors (Lipinski definition) is 3.